The fourth-order valence-corrected chi connectivity index (χ4v) is 1.60. The summed E-state index contributed by atoms with van der Waals surface area (Å²) in [7, 11) is 1.61. The molecule has 0 bridgehead atoms. The Labute approximate surface area is 110 Å². The van der Waals surface area contributed by atoms with E-state index < -0.39 is 0 Å². The quantitative estimate of drug-likeness (QED) is 0.856. The van der Waals surface area contributed by atoms with Gasteiger partial charge in [0.2, 0.25) is 0 Å². The minimum atomic E-state index is 0.279. The van der Waals surface area contributed by atoms with E-state index in [0.29, 0.717) is 17.1 Å². The number of pyridine rings is 1. The van der Waals surface area contributed by atoms with Gasteiger partial charge in [0.05, 0.1) is 18.9 Å². The molecule has 0 aliphatic heterocycles. The summed E-state index contributed by atoms with van der Waals surface area (Å²) in [5.74, 6) is 1.97. The van der Waals surface area contributed by atoms with Gasteiger partial charge in [0.15, 0.2) is 5.75 Å². The Morgan fingerprint density at radius 2 is 1.83 bits per heavy atom. The summed E-state index contributed by atoms with van der Waals surface area (Å²) in [5, 5.41) is 0. The van der Waals surface area contributed by atoms with Crippen LogP contribution in [0.3, 0.4) is 0 Å². The van der Waals surface area contributed by atoms with Crippen molar-refractivity contribution in [2.75, 3.05) is 7.11 Å². The highest BCUT2D eigenvalue weighted by atomic mass is 32.1. The third kappa shape index (κ3) is 2.75. The molecule has 0 spiro atoms. The van der Waals surface area contributed by atoms with E-state index in [9.17, 15) is 0 Å². The van der Waals surface area contributed by atoms with Gasteiger partial charge >= 0.3 is 0 Å². The molecule has 0 atom stereocenters. The summed E-state index contributed by atoms with van der Waals surface area (Å²) in [4.78, 5) is 4.27. The van der Waals surface area contributed by atoms with E-state index in [4.69, 9.17) is 27.4 Å². The van der Waals surface area contributed by atoms with Crippen LogP contribution in [0.15, 0.2) is 42.7 Å². The van der Waals surface area contributed by atoms with Gasteiger partial charge in [-0.3, -0.25) is 4.98 Å². The number of benzene rings is 1. The zero-order valence-electron chi connectivity index (χ0n) is 9.79. The highest BCUT2D eigenvalue weighted by molar-refractivity contribution is 7.80. The van der Waals surface area contributed by atoms with Crippen LogP contribution in [-0.4, -0.2) is 17.1 Å². The summed E-state index contributed by atoms with van der Waals surface area (Å²) in [6.45, 7) is 0. The first kappa shape index (κ1) is 12.3. The van der Waals surface area contributed by atoms with Gasteiger partial charge in [-0.15, -0.1) is 0 Å². The minimum absolute atomic E-state index is 0.279. The monoisotopic (exact) mass is 260 g/mol. The first-order chi connectivity index (χ1) is 8.70. The number of hydrogen-bond donors (Lipinski definition) is 1. The Morgan fingerprint density at radius 3 is 2.44 bits per heavy atom. The molecule has 0 radical (unpaired) electrons. The molecular weight excluding hydrogens is 248 g/mol. The average molecular weight is 260 g/mol. The van der Waals surface area contributed by atoms with Crippen LogP contribution in [0.1, 0.15) is 5.56 Å². The van der Waals surface area contributed by atoms with E-state index in [2.05, 4.69) is 4.98 Å². The predicted molar refractivity (Wildman–Crippen MR) is 73.2 cm³/mol. The van der Waals surface area contributed by atoms with E-state index in [0.717, 1.165) is 5.75 Å². The molecule has 0 amide bonds. The van der Waals surface area contributed by atoms with Crippen molar-refractivity contribution >= 4 is 17.2 Å². The number of nitrogens with two attached hydrogens (primary N) is 1. The topological polar surface area (TPSA) is 57.4 Å². The fourth-order valence-electron chi connectivity index (χ4n) is 1.44. The van der Waals surface area contributed by atoms with Gasteiger partial charge in [-0.2, -0.15) is 0 Å². The number of hydrogen-bond acceptors (Lipinski definition) is 4. The van der Waals surface area contributed by atoms with Crippen molar-refractivity contribution in [2.24, 2.45) is 5.73 Å². The van der Waals surface area contributed by atoms with Gasteiger partial charge in [0, 0.05) is 6.20 Å². The SMILES string of the molecule is COc1ccc(Oc2cnccc2C(N)=S)cc1. The lowest BCUT2D eigenvalue weighted by atomic mass is 10.2. The van der Waals surface area contributed by atoms with Crippen molar-refractivity contribution in [3.05, 3.63) is 48.3 Å². The van der Waals surface area contributed by atoms with Gasteiger partial charge in [0.1, 0.15) is 16.5 Å². The summed E-state index contributed by atoms with van der Waals surface area (Å²) in [6, 6.07) is 8.95. The second-order valence-corrected chi connectivity index (χ2v) is 3.95. The molecule has 0 saturated carbocycles. The molecule has 0 saturated heterocycles. The molecule has 1 heterocycles. The van der Waals surface area contributed by atoms with Crippen LogP contribution in [0.2, 0.25) is 0 Å². The van der Waals surface area contributed by atoms with Gasteiger partial charge in [-0.05, 0) is 30.3 Å². The molecule has 5 heteroatoms. The minimum Gasteiger partial charge on any atom is -0.497 e. The van der Waals surface area contributed by atoms with Gasteiger partial charge < -0.3 is 15.2 Å². The maximum Gasteiger partial charge on any atom is 0.155 e. The third-order valence-electron chi connectivity index (χ3n) is 2.34. The average Bonchev–Trinajstić information content (AvgIpc) is 2.40. The molecule has 1 aromatic heterocycles. The van der Waals surface area contributed by atoms with Crippen LogP contribution >= 0.6 is 12.2 Å². The fraction of sp³-hybridized carbons (Fsp3) is 0.0769. The number of aromatic nitrogens is 1. The van der Waals surface area contributed by atoms with Crippen molar-refractivity contribution in [3.63, 3.8) is 0 Å². The molecule has 0 unspecified atom stereocenters. The molecule has 4 nitrogen and oxygen atoms in total. The van der Waals surface area contributed by atoms with E-state index >= 15 is 0 Å². The number of ether oxygens (including phenoxy) is 2. The van der Waals surface area contributed by atoms with Gasteiger partial charge in [0.25, 0.3) is 0 Å². The summed E-state index contributed by atoms with van der Waals surface area (Å²) in [6.07, 6.45) is 3.20. The van der Waals surface area contributed by atoms with Crippen molar-refractivity contribution in [1.29, 1.82) is 0 Å². The number of thiocarbonyl (C=S) groups is 1. The van der Waals surface area contributed by atoms with Crippen molar-refractivity contribution in [3.8, 4) is 17.2 Å². The highest BCUT2D eigenvalue weighted by Crippen LogP contribution is 2.25. The Kier molecular flexibility index (Phi) is 3.74. The molecule has 2 aromatic rings. The Balaban J connectivity index is 2.25. The molecule has 92 valence electrons. The molecule has 18 heavy (non-hydrogen) atoms. The van der Waals surface area contributed by atoms with Crippen LogP contribution in [0.25, 0.3) is 0 Å². The lowest BCUT2D eigenvalue weighted by Crippen LogP contribution is -2.10. The smallest absolute Gasteiger partial charge is 0.155 e. The number of methoxy groups -OCH3 is 1. The van der Waals surface area contributed by atoms with Crippen LogP contribution in [0, 0.1) is 0 Å². The number of rotatable bonds is 4. The molecule has 1 aromatic carbocycles. The summed E-state index contributed by atoms with van der Waals surface area (Å²) < 4.78 is 10.8. The normalized spacial score (nSPS) is 9.83. The first-order valence-corrected chi connectivity index (χ1v) is 5.67. The molecular formula is C13H12N2O2S. The molecule has 2 N–H and O–H groups in total. The standard InChI is InChI=1S/C13H12N2O2S/c1-16-9-2-4-10(5-3-9)17-12-8-15-7-6-11(12)13(14)18/h2-8H,1H3,(H2,14,18). The van der Waals surface area contributed by atoms with Crippen molar-refractivity contribution < 1.29 is 9.47 Å². The van der Waals surface area contributed by atoms with Gasteiger partial charge in [-0.1, -0.05) is 12.2 Å². The third-order valence-corrected chi connectivity index (χ3v) is 2.56. The van der Waals surface area contributed by atoms with E-state index in [1.165, 1.54) is 0 Å². The first-order valence-electron chi connectivity index (χ1n) is 5.26. The van der Waals surface area contributed by atoms with Crippen LogP contribution < -0.4 is 15.2 Å². The van der Waals surface area contributed by atoms with Crippen molar-refractivity contribution in [1.82, 2.24) is 4.98 Å². The molecule has 0 aliphatic rings. The Morgan fingerprint density at radius 1 is 1.17 bits per heavy atom. The highest BCUT2D eigenvalue weighted by Gasteiger charge is 2.07. The largest absolute Gasteiger partial charge is 0.497 e. The van der Waals surface area contributed by atoms with E-state index in [1.807, 2.05) is 12.1 Å². The zero-order valence-corrected chi connectivity index (χ0v) is 10.6. The van der Waals surface area contributed by atoms with E-state index in [-0.39, 0.29) is 4.99 Å². The van der Waals surface area contributed by atoms with Crippen LogP contribution in [0.4, 0.5) is 0 Å². The predicted octanol–water partition coefficient (Wildman–Crippen LogP) is 2.52. The second kappa shape index (κ2) is 5.46. The number of nitrogens with zero attached hydrogens (tertiary/aromatic N) is 1. The molecule has 0 fully saturated rings. The lowest BCUT2D eigenvalue weighted by molar-refractivity contribution is 0.412. The zero-order chi connectivity index (χ0) is 13.0. The van der Waals surface area contributed by atoms with E-state index in [1.54, 1.807) is 37.7 Å². The Hall–Kier alpha value is -2.14. The van der Waals surface area contributed by atoms with Gasteiger partial charge in [-0.25, -0.2) is 0 Å². The molecule has 0 aliphatic carbocycles. The maximum atomic E-state index is 5.68. The van der Waals surface area contributed by atoms with Crippen molar-refractivity contribution in [2.45, 2.75) is 0 Å². The summed E-state index contributed by atoms with van der Waals surface area (Å²) in [5.41, 5.74) is 6.28. The second-order valence-electron chi connectivity index (χ2n) is 3.51. The van der Waals surface area contributed by atoms with Crippen LogP contribution in [0.5, 0.6) is 17.2 Å². The van der Waals surface area contributed by atoms with Crippen LogP contribution in [-0.2, 0) is 0 Å². The summed E-state index contributed by atoms with van der Waals surface area (Å²) >= 11 is 4.96. The maximum absolute atomic E-state index is 5.68. The molecule has 2 rings (SSSR count). The Bertz CT molecular complexity index is 555. The lowest BCUT2D eigenvalue weighted by Gasteiger charge is -2.09.